The number of methoxy groups -OCH3 is 2. The molecule has 0 amide bonds. The van der Waals surface area contributed by atoms with Crippen molar-refractivity contribution in [3.8, 4) is 11.5 Å². The van der Waals surface area contributed by atoms with E-state index in [-0.39, 0.29) is 6.04 Å². The van der Waals surface area contributed by atoms with Crippen LogP contribution in [0.4, 0.5) is 0 Å². The first-order valence-electron chi connectivity index (χ1n) is 6.63. The number of ether oxygens (including phenoxy) is 2. The van der Waals surface area contributed by atoms with Gasteiger partial charge >= 0.3 is 0 Å². The molecule has 0 aromatic heterocycles. The fraction of sp³-hybridized carbons (Fsp3) is 0.600. The van der Waals surface area contributed by atoms with Crippen LogP contribution < -0.4 is 15.2 Å². The van der Waals surface area contributed by atoms with Crippen LogP contribution in [0.1, 0.15) is 31.9 Å². The first kappa shape index (κ1) is 16.2. The Bertz CT molecular complexity index is 382. The second kappa shape index (κ2) is 8.33. The molecular weight excluding hydrogens is 258 g/mol. The zero-order chi connectivity index (χ0) is 14.3. The molecule has 0 aliphatic carbocycles. The number of thioether (sulfide) groups is 1. The maximum absolute atomic E-state index is 6.26. The Hall–Kier alpha value is -0.870. The molecule has 0 aliphatic heterocycles. The predicted molar refractivity (Wildman–Crippen MR) is 83.3 cm³/mol. The normalized spacial score (nSPS) is 12.5. The molecule has 3 nitrogen and oxygen atoms in total. The fourth-order valence-corrected chi connectivity index (χ4v) is 2.99. The van der Waals surface area contributed by atoms with Crippen molar-refractivity contribution in [3.05, 3.63) is 23.8 Å². The van der Waals surface area contributed by atoms with Gasteiger partial charge in [-0.25, -0.2) is 0 Å². The zero-order valence-electron chi connectivity index (χ0n) is 12.3. The highest BCUT2D eigenvalue weighted by atomic mass is 32.2. The predicted octanol–water partition coefficient (Wildman–Crippen LogP) is 3.48. The molecule has 1 atom stereocenters. The molecule has 0 saturated carbocycles. The second-order valence-electron chi connectivity index (χ2n) is 4.97. The van der Waals surface area contributed by atoms with Gasteiger partial charge in [0.25, 0.3) is 0 Å². The van der Waals surface area contributed by atoms with Crippen LogP contribution in [0.25, 0.3) is 0 Å². The third-order valence-electron chi connectivity index (χ3n) is 2.97. The average Bonchev–Trinajstić information content (AvgIpc) is 2.42. The molecule has 1 aromatic rings. The van der Waals surface area contributed by atoms with Crippen LogP contribution in [0.15, 0.2) is 18.2 Å². The topological polar surface area (TPSA) is 44.5 Å². The summed E-state index contributed by atoms with van der Waals surface area (Å²) in [5, 5.41) is 0. The van der Waals surface area contributed by atoms with E-state index < -0.39 is 0 Å². The Balaban J connectivity index is 2.61. The molecule has 0 fully saturated rings. The van der Waals surface area contributed by atoms with Crippen LogP contribution in [0.3, 0.4) is 0 Å². The van der Waals surface area contributed by atoms with Gasteiger partial charge in [-0.05, 0) is 36.3 Å². The first-order chi connectivity index (χ1) is 9.08. The maximum atomic E-state index is 6.26. The molecule has 0 radical (unpaired) electrons. The lowest BCUT2D eigenvalue weighted by Crippen LogP contribution is -2.14. The highest BCUT2D eigenvalue weighted by Crippen LogP contribution is 2.30. The van der Waals surface area contributed by atoms with Gasteiger partial charge in [-0.2, -0.15) is 11.8 Å². The van der Waals surface area contributed by atoms with E-state index in [1.165, 1.54) is 6.42 Å². The molecular formula is C15H25NO2S. The summed E-state index contributed by atoms with van der Waals surface area (Å²) in [6.07, 6.45) is 1.23. The van der Waals surface area contributed by atoms with E-state index in [1.807, 2.05) is 30.0 Å². The molecule has 0 aliphatic rings. The van der Waals surface area contributed by atoms with Gasteiger partial charge in [0.15, 0.2) is 0 Å². The number of hydrogen-bond acceptors (Lipinski definition) is 4. The van der Waals surface area contributed by atoms with Crippen LogP contribution in [0, 0.1) is 5.92 Å². The first-order valence-corrected chi connectivity index (χ1v) is 7.79. The minimum absolute atomic E-state index is 0.0257. The van der Waals surface area contributed by atoms with E-state index in [1.54, 1.807) is 14.2 Å². The lowest BCUT2D eigenvalue weighted by molar-refractivity contribution is 0.396. The molecule has 19 heavy (non-hydrogen) atoms. The molecule has 1 rings (SSSR count). The minimum atomic E-state index is -0.0257. The molecule has 1 aromatic carbocycles. The van der Waals surface area contributed by atoms with Crippen molar-refractivity contribution >= 4 is 11.8 Å². The molecule has 0 bridgehead atoms. The Morgan fingerprint density at radius 2 is 1.95 bits per heavy atom. The van der Waals surface area contributed by atoms with E-state index in [0.717, 1.165) is 34.5 Å². The summed E-state index contributed by atoms with van der Waals surface area (Å²) in [5.74, 6) is 4.44. The van der Waals surface area contributed by atoms with Crippen molar-refractivity contribution in [2.45, 2.75) is 26.3 Å². The standard InChI is InChI=1S/C15H25NO2S/c1-11(2)7-8-19-10-14(16)13-9-12(17-3)5-6-15(13)18-4/h5-6,9,11,14H,7-8,10,16H2,1-4H3. The third-order valence-corrected chi connectivity index (χ3v) is 4.09. The van der Waals surface area contributed by atoms with E-state index in [2.05, 4.69) is 13.8 Å². The van der Waals surface area contributed by atoms with Crippen molar-refractivity contribution in [3.63, 3.8) is 0 Å². The molecule has 4 heteroatoms. The van der Waals surface area contributed by atoms with Crippen LogP contribution in [-0.2, 0) is 0 Å². The fourth-order valence-electron chi connectivity index (χ4n) is 1.75. The smallest absolute Gasteiger partial charge is 0.123 e. The molecule has 0 saturated heterocycles. The van der Waals surface area contributed by atoms with Gasteiger partial charge in [0.1, 0.15) is 11.5 Å². The summed E-state index contributed by atoms with van der Waals surface area (Å²) in [6.45, 7) is 4.48. The zero-order valence-corrected chi connectivity index (χ0v) is 13.1. The molecule has 1 unspecified atom stereocenters. The Morgan fingerprint density at radius 1 is 1.21 bits per heavy atom. The summed E-state index contributed by atoms with van der Waals surface area (Å²) in [5.41, 5.74) is 7.27. The summed E-state index contributed by atoms with van der Waals surface area (Å²) in [7, 11) is 3.33. The second-order valence-corrected chi connectivity index (χ2v) is 6.12. The van der Waals surface area contributed by atoms with Gasteiger partial charge in [0.2, 0.25) is 0 Å². The number of nitrogens with two attached hydrogens (primary N) is 1. The lowest BCUT2D eigenvalue weighted by Gasteiger charge is -2.16. The molecule has 0 heterocycles. The van der Waals surface area contributed by atoms with Crippen LogP contribution in [-0.4, -0.2) is 25.7 Å². The van der Waals surface area contributed by atoms with Gasteiger partial charge < -0.3 is 15.2 Å². The Kier molecular flexibility index (Phi) is 7.10. The monoisotopic (exact) mass is 283 g/mol. The van der Waals surface area contributed by atoms with Crippen molar-refractivity contribution in [2.24, 2.45) is 11.7 Å². The van der Waals surface area contributed by atoms with E-state index in [9.17, 15) is 0 Å². The number of benzene rings is 1. The highest BCUT2D eigenvalue weighted by Gasteiger charge is 2.13. The van der Waals surface area contributed by atoms with Gasteiger partial charge in [0, 0.05) is 17.4 Å². The quantitative estimate of drug-likeness (QED) is 0.742. The van der Waals surface area contributed by atoms with Crippen LogP contribution >= 0.6 is 11.8 Å². The SMILES string of the molecule is COc1ccc(OC)c(C(N)CSCCC(C)C)c1. The largest absolute Gasteiger partial charge is 0.497 e. The van der Waals surface area contributed by atoms with E-state index in [0.29, 0.717) is 0 Å². The lowest BCUT2D eigenvalue weighted by atomic mass is 10.1. The van der Waals surface area contributed by atoms with Crippen molar-refractivity contribution < 1.29 is 9.47 Å². The molecule has 0 spiro atoms. The summed E-state index contributed by atoms with van der Waals surface area (Å²) in [6, 6.07) is 5.74. The van der Waals surface area contributed by atoms with Gasteiger partial charge in [-0.15, -0.1) is 0 Å². The van der Waals surface area contributed by atoms with Gasteiger partial charge in [-0.1, -0.05) is 13.8 Å². The Morgan fingerprint density at radius 3 is 2.53 bits per heavy atom. The van der Waals surface area contributed by atoms with Crippen LogP contribution in [0.5, 0.6) is 11.5 Å². The number of rotatable bonds is 8. The maximum Gasteiger partial charge on any atom is 0.123 e. The molecule has 108 valence electrons. The highest BCUT2D eigenvalue weighted by molar-refractivity contribution is 7.99. The van der Waals surface area contributed by atoms with E-state index in [4.69, 9.17) is 15.2 Å². The average molecular weight is 283 g/mol. The number of hydrogen-bond donors (Lipinski definition) is 1. The van der Waals surface area contributed by atoms with E-state index >= 15 is 0 Å². The van der Waals surface area contributed by atoms with Crippen molar-refractivity contribution in [2.75, 3.05) is 25.7 Å². The van der Waals surface area contributed by atoms with Crippen molar-refractivity contribution in [1.82, 2.24) is 0 Å². The summed E-state index contributed by atoms with van der Waals surface area (Å²) >= 11 is 1.90. The minimum Gasteiger partial charge on any atom is -0.497 e. The van der Waals surface area contributed by atoms with Crippen LogP contribution in [0.2, 0.25) is 0 Å². The summed E-state index contributed by atoms with van der Waals surface area (Å²) in [4.78, 5) is 0. The Labute approximate surface area is 120 Å². The molecule has 2 N–H and O–H groups in total. The van der Waals surface area contributed by atoms with Gasteiger partial charge in [0.05, 0.1) is 14.2 Å². The van der Waals surface area contributed by atoms with Gasteiger partial charge in [-0.3, -0.25) is 0 Å². The van der Waals surface area contributed by atoms with Crippen molar-refractivity contribution in [1.29, 1.82) is 0 Å². The third kappa shape index (κ3) is 5.33. The summed E-state index contributed by atoms with van der Waals surface area (Å²) < 4.78 is 10.6.